The van der Waals surface area contributed by atoms with Gasteiger partial charge in [0.1, 0.15) is 5.82 Å². The third-order valence-corrected chi connectivity index (χ3v) is 1.73. The first-order valence-corrected chi connectivity index (χ1v) is 3.80. The molecule has 0 aliphatic carbocycles. The molecule has 56 valence electrons. The van der Waals surface area contributed by atoms with Crippen LogP contribution in [0.5, 0.6) is 0 Å². The molecule has 0 atom stereocenters. The van der Waals surface area contributed by atoms with E-state index in [4.69, 9.17) is 0 Å². The number of rotatable bonds is 2. The van der Waals surface area contributed by atoms with E-state index in [9.17, 15) is 0 Å². The van der Waals surface area contributed by atoms with E-state index in [-0.39, 0.29) is 0 Å². The van der Waals surface area contributed by atoms with E-state index in [2.05, 4.69) is 29.6 Å². The van der Waals surface area contributed by atoms with Gasteiger partial charge in [0.2, 0.25) is 0 Å². The summed E-state index contributed by atoms with van der Waals surface area (Å²) in [5.74, 6) is 1.12. The molecule has 0 aromatic carbocycles. The van der Waals surface area contributed by atoms with Crippen LogP contribution in [-0.4, -0.2) is 9.55 Å². The summed E-state index contributed by atoms with van der Waals surface area (Å²) in [6.07, 6.45) is 3.16. The van der Waals surface area contributed by atoms with E-state index in [1.54, 1.807) is 0 Å². The lowest BCUT2D eigenvalue weighted by Gasteiger charge is -1.95. The third-order valence-electron chi connectivity index (χ3n) is 1.73. The minimum atomic E-state index is 1.03. The summed E-state index contributed by atoms with van der Waals surface area (Å²) in [6.45, 7) is 7.33. The van der Waals surface area contributed by atoms with Gasteiger partial charge in [-0.2, -0.15) is 0 Å². The Morgan fingerprint density at radius 2 is 2.20 bits per heavy atom. The first kappa shape index (κ1) is 7.32. The van der Waals surface area contributed by atoms with Crippen molar-refractivity contribution in [1.29, 1.82) is 0 Å². The summed E-state index contributed by atoms with van der Waals surface area (Å²) in [5.41, 5.74) is 1.19. The van der Waals surface area contributed by atoms with Crippen LogP contribution in [0.15, 0.2) is 6.20 Å². The fourth-order valence-electron chi connectivity index (χ4n) is 1.06. The lowest BCUT2D eigenvalue weighted by molar-refractivity contribution is 0.730. The van der Waals surface area contributed by atoms with Crippen molar-refractivity contribution in [1.82, 2.24) is 9.55 Å². The summed E-state index contributed by atoms with van der Waals surface area (Å²) in [4.78, 5) is 4.36. The van der Waals surface area contributed by atoms with Crippen LogP contribution in [0.1, 0.15) is 25.4 Å². The van der Waals surface area contributed by atoms with Crippen molar-refractivity contribution >= 4 is 0 Å². The molecule has 1 heterocycles. The van der Waals surface area contributed by atoms with Crippen molar-refractivity contribution in [2.75, 3.05) is 0 Å². The zero-order valence-electron chi connectivity index (χ0n) is 6.89. The van der Waals surface area contributed by atoms with Gasteiger partial charge in [-0.25, -0.2) is 4.98 Å². The van der Waals surface area contributed by atoms with E-state index in [0.717, 1.165) is 18.8 Å². The summed E-state index contributed by atoms with van der Waals surface area (Å²) in [5, 5.41) is 0. The average Bonchev–Trinajstić information content (AvgIpc) is 2.30. The van der Waals surface area contributed by atoms with Gasteiger partial charge in [0.15, 0.2) is 0 Å². The Hall–Kier alpha value is -0.790. The van der Waals surface area contributed by atoms with E-state index in [1.807, 2.05) is 6.92 Å². The van der Waals surface area contributed by atoms with Crippen LogP contribution in [0.3, 0.4) is 0 Å². The number of hydrogen-bond donors (Lipinski definition) is 0. The molecular formula is C8H14N2. The van der Waals surface area contributed by atoms with Crippen molar-refractivity contribution in [2.24, 2.45) is 0 Å². The van der Waals surface area contributed by atoms with Crippen LogP contribution >= 0.6 is 0 Å². The Kier molecular flexibility index (Phi) is 2.10. The maximum atomic E-state index is 4.36. The highest BCUT2D eigenvalue weighted by Crippen LogP contribution is 2.01. The summed E-state index contributed by atoms with van der Waals surface area (Å²) < 4.78 is 2.17. The summed E-state index contributed by atoms with van der Waals surface area (Å²) in [6, 6.07) is 0. The maximum Gasteiger partial charge on any atom is 0.105 e. The molecule has 2 heteroatoms. The SMILES string of the molecule is CCc1cn(CC)c(C)n1. The number of aromatic nitrogens is 2. The predicted molar refractivity (Wildman–Crippen MR) is 42.0 cm³/mol. The second-order valence-corrected chi connectivity index (χ2v) is 2.42. The van der Waals surface area contributed by atoms with Crippen molar-refractivity contribution in [3.63, 3.8) is 0 Å². The third kappa shape index (κ3) is 1.20. The Morgan fingerprint density at radius 1 is 1.50 bits per heavy atom. The fourth-order valence-corrected chi connectivity index (χ4v) is 1.06. The molecule has 1 rings (SSSR count). The molecule has 0 bridgehead atoms. The first-order valence-electron chi connectivity index (χ1n) is 3.80. The second-order valence-electron chi connectivity index (χ2n) is 2.42. The maximum absolute atomic E-state index is 4.36. The van der Waals surface area contributed by atoms with Gasteiger partial charge in [0, 0.05) is 12.7 Å². The van der Waals surface area contributed by atoms with Gasteiger partial charge in [0.25, 0.3) is 0 Å². The van der Waals surface area contributed by atoms with E-state index >= 15 is 0 Å². The molecule has 0 aliphatic heterocycles. The summed E-state index contributed by atoms with van der Waals surface area (Å²) >= 11 is 0. The predicted octanol–water partition coefficient (Wildman–Crippen LogP) is 1.77. The molecule has 0 fully saturated rings. The monoisotopic (exact) mass is 138 g/mol. The molecule has 0 radical (unpaired) electrons. The molecule has 1 aromatic heterocycles. The van der Waals surface area contributed by atoms with Crippen LogP contribution in [0, 0.1) is 6.92 Å². The largest absolute Gasteiger partial charge is 0.335 e. The molecule has 0 unspecified atom stereocenters. The fraction of sp³-hybridized carbons (Fsp3) is 0.625. The van der Waals surface area contributed by atoms with Gasteiger partial charge in [-0.3, -0.25) is 0 Å². The average molecular weight is 138 g/mol. The topological polar surface area (TPSA) is 17.8 Å². The zero-order valence-corrected chi connectivity index (χ0v) is 6.89. The number of imidazole rings is 1. The highest BCUT2D eigenvalue weighted by atomic mass is 15.1. The zero-order chi connectivity index (χ0) is 7.56. The molecular weight excluding hydrogens is 124 g/mol. The van der Waals surface area contributed by atoms with Gasteiger partial charge in [-0.15, -0.1) is 0 Å². The number of hydrogen-bond acceptors (Lipinski definition) is 1. The molecule has 2 nitrogen and oxygen atoms in total. The Labute approximate surface area is 61.9 Å². The molecule has 0 saturated carbocycles. The van der Waals surface area contributed by atoms with Crippen LogP contribution in [-0.2, 0) is 13.0 Å². The Morgan fingerprint density at radius 3 is 2.50 bits per heavy atom. The minimum absolute atomic E-state index is 1.03. The molecule has 0 aliphatic rings. The standard InChI is InChI=1S/C8H14N2/c1-4-8-6-10(5-2)7(3)9-8/h6H,4-5H2,1-3H3. The van der Waals surface area contributed by atoms with Crippen LogP contribution in [0.2, 0.25) is 0 Å². The Balaban J connectivity index is 2.92. The second kappa shape index (κ2) is 2.86. The van der Waals surface area contributed by atoms with E-state index in [1.165, 1.54) is 5.69 Å². The van der Waals surface area contributed by atoms with E-state index < -0.39 is 0 Å². The van der Waals surface area contributed by atoms with Gasteiger partial charge in [-0.1, -0.05) is 6.92 Å². The van der Waals surface area contributed by atoms with Gasteiger partial charge >= 0.3 is 0 Å². The quantitative estimate of drug-likeness (QED) is 0.609. The van der Waals surface area contributed by atoms with E-state index in [0.29, 0.717) is 0 Å². The molecule has 0 N–H and O–H groups in total. The highest BCUT2D eigenvalue weighted by Gasteiger charge is 1.98. The van der Waals surface area contributed by atoms with Crippen molar-refractivity contribution in [2.45, 2.75) is 33.7 Å². The van der Waals surface area contributed by atoms with Crippen molar-refractivity contribution in [3.05, 3.63) is 17.7 Å². The highest BCUT2D eigenvalue weighted by molar-refractivity contribution is 5.02. The molecule has 10 heavy (non-hydrogen) atoms. The summed E-state index contributed by atoms with van der Waals surface area (Å²) in [7, 11) is 0. The molecule has 0 amide bonds. The normalized spacial score (nSPS) is 10.3. The lowest BCUT2D eigenvalue weighted by atomic mass is 10.4. The van der Waals surface area contributed by atoms with Crippen molar-refractivity contribution in [3.8, 4) is 0 Å². The van der Waals surface area contributed by atoms with Gasteiger partial charge in [0.05, 0.1) is 5.69 Å². The first-order chi connectivity index (χ1) is 4.77. The number of aryl methyl sites for hydroxylation is 3. The smallest absolute Gasteiger partial charge is 0.105 e. The van der Waals surface area contributed by atoms with Crippen LogP contribution in [0.25, 0.3) is 0 Å². The van der Waals surface area contributed by atoms with Crippen LogP contribution < -0.4 is 0 Å². The lowest BCUT2D eigenvalue weighted by Crippen LogP contribution is -1.93. The minimum Gasteiger partial charge on any atom is -0.335 e. The van der Waals surface area contributed by atoms with Crippen LogP contribution in [0.4, 0.5) is 0 Å². The molecule has 1 aromatic rings. The Bertz CT molecular complexity index is 213. The molecule has 0 saturated heterocycles. The van der Waals surface area contributed by atoms with Gasteiger partial charge < -0.3 is 4.57 Å². The molecule has 0 spiro atoms. The van der Waals surface area contributed by atoms with Crippen molar-refractivity contribution < 1.29 is 0 Å². The van der Waals surface area contributed by atoms with Gasteiger partial charge in [-0.05, 0) is 20.3 Å². The number of nitrogens with zero attached hydrogens (tertiary/aromatic N) is 2.